The van der Waals surface area contributed by atoms with E-state index >= 15 is 0 Å². The number of pyridine rings is 1. The van der Waals surface area contributed by atoms with E-state index in [-0.39, 0.29) is 5.91 Å². The number of hydrogen-bond acceptors (Lipinski definition) is 4. The molecule has 0 fully saturated rings. The fourth-order valence-corrected chi connectivity index (χ4v) is 1.72. The lowest BCUT2D eigenvalue weighted by Gasteiger charge is -2.05. The van der Waals surface area contributed by atoms with Gasteiger partial charge in [0.15, 0.2) is 5.69 Å². The van der Waals surface area contributed by atoms with Gasteiger partial charge in [0.25, 0.3) is 5.91 Å². The summed E-state index contributed by atoms with van der Waals surface area (Å²) in [5, 5.41) is 6.63. The van der Waals surface area contributed by atoms with Crippen molar-refractivity contribution in [2.75, 3.05) is 11.1 Å². The molecule has 2 aromatic rings. The summed E-state index contributed by atoms with van der Waals surface area (Å²) in [5.74, 6) is 0.0958. The lowest BCUT2D eigenvalue weighted by Crippen LogP contribution is -2.14. The summed E-state index contributed by atoms with van der Waals surface area (Å²) in [6.45, 7) is 0. The molecule has 0 aromatic carbocycles. The van der Waals surface area contributed by atoms with E-state index in [2.05, 4.69) is 31.3 Å². The van der Waals surface area contributed by atoms with Crippen LogP contribution >= 0.6 is 15.9 Å². The van der Waals surface area contributed by atoms with Gasteiger partial charge in [0.1, 0.15) is 5.82 Å². The van der Waals surface area contributed by atoms with E-state index in [1.807, 2.05) is 0 Å². The second-order valence-corrected chi connectivity index (χ2v) is 4.28. The molecule has 2 aromatic heterocycles. The predicted octanol–water partition coefficient (Wildman–Crippen LogP) is 1.41. The van der Waals surface area contributed by atoms with Crippen LogP contribution in [0.25, 0.3) is 0 Å². The third-order valence-electron chi connectivity index (χ3n) is 2.04. The third-order valence-corrected chi connectivity index (χ3v) is 2.65. The lowest BCUT2D eigenvalue weighted by atomic mass is 10.4. The highest BCUT2D eigenvalue weighted by molar-refractivity contribution is 9.10. The van der Waals surface area contributed by atoms with Crippen LogP contribution < -0.4 is 11.1 Å². The molecule has 17 heavy (non-hydrogen) atoms. The number of aryl methyl sites for hydroxylation is 1. The van der Waals surface area contributed by atoms with Crippen LogP contribution in [0.1, 0.15) is 10.5 Å². The van der Waals surface area contributed by atoms with Gasteiger partial charge in [-0.15, -0.1) is 0 Å². The number of nitrogens with zero attached hydrogens (tertiary/aromatic N) is 3. The Balaban J connectivity index is 2.18. The maximum absolute atomic E-state index is 11.8. The number of carbonyl (C=O) groups is 1. The van der Waals surface area contributed by atoms with E-state index in [0.29, 0.717) is 21.7 Å². The zero-order chi connectivity index (χ0) is 12.4. The van der Waals surface area contributed by atoms with Crippen LogP contribution in [0.3, 0.4) is 0 Å². The number of nitrogen functional groups attached to an aromatic ring is 1. The SMILES string of the molecule is Cn1ccc(C(=O)Nc2ncc(N)cc2Br)n1. The molecule has 0 aliphatic rings. The number of rotatable bonds is 2. The van der Waals surface area contributed by atoms with Crippen LogP contribution in [0.4, 0.5) is 11.5 Å². The standard InChI is InChI=1S/C10H10BrN5O/c1-16-3-2-8(15-16)10(17)14-9-7(11)4-6(12)5-13-9/h2-5H,12H2,1H3,(H,13,14,17). The number of aromatic nitrogens is 3. The van der Waals surface area contributed by atoms with Crippen LogP contribution in [-0.4, -0.2) is 20.7 Å². The summed E-state index contributed by atoms with van der Waals surface area (Å²) in [5.41, 5.74) is 6.40. The van der Waals surface area contributed by atoms with E-state index in [1.165, 1.54) is 6.20 Å². The molecule has 0 atom stereocenters. The Hall–Kier alpha value is -1.89. The quantitative estimate of drug-likeness (QED) is 0.877. The summed E-state index contributed by atoms with van der Waals surface area (Å²) in [6.07, 6.45) is 3.17. The molecule has 1 amide bonds. The molecule has 88 valence electrons. The van der Waals surface area contributed by atoms with Gasteiger partial charge < -0.3 is 11.1 Å². The number of nitrogens with two attached hydrogens (primary N) is 1. The Morgan fingerprint density at radius 2 is 2.35 bits per heavy atom. The minimum absolute atomic E-state index is 0.316. The largest absolute Gasteiger partial charge is 0.397 e. The minimum atomic E-state index is -0.316. The maximum atomic E-state index is 11.8. The van der Waals surface area contributed by atoms with E-state index in [4.69, 9.17) is 5.73 Å². The van der Waals surface area contributed by atoms with Crippen molar-refractivity contribution in [3.63, 3.8) is 0 Å². The normalized spacial score (nSPS) is 10.2. The van der Waals surface area contributed by atoms with Crippen molar-refractivity contribution >= 4 is 33.3 Å². The van der Waals surface area contributed by atoms with Crippen LogP contribution in [0, 0.1) is 0 Å². The molecule has 0 saturated heterocycles. The van der Waals surface area contributed by atoms with E-state index in [0.717, 1.165) is 0 Å². The van der Waals surface area contributed by atoms with Gasteiger partial charge in [-0.05, 0) is 28.1 Å². The Bertz CT molecular complexity index is 566. The molecule has 0 aliphatic heterocycles. The molecule has 0 radical (unpaired) electrons. The number of hydrogen-bond donors (Lipinski definition) is 2. The lowest BCUT2D eigenvalue weighted by molar-refractivity contribution is 0.102. The summed E-state index contributed by atoms with van der Waals surface area (Å²) in [7, 11) is 1.74. The van der Waals surface area contributed by atoms with Crippen LogP contribution in [0.2, 0.25) is 0 Å². The molecule has 0 unspecified atom stereocenters. The molecule has 0 bridgehead atoms. The first kappa shape index (κ1) is 11.6. The van der Waals surface area contributed by atoms with Gasteiger partial charge in [-0.3, -0.25) is 9.48 Å². The summed E-state index contributed by atoms with van der Waals surface area (Å²) < 4.78 is 2.18. The summed E-state index contributed by atoms with van der Waals surface area (Å²) in [4.78, 5) is 15.8. The van der Waals surface area contributed by atoms with Gasteiger partial charge in [-0.2, -0.15) is 5.10 Å². The Morgan fingerprint density at radius 3 is 2.94 bits per heavy atom. The Kier molecular flexibility index (Phi) is 3.10. The first-order valence-corrected chi connectivity index (χ1v) is 5.57. The van der Waals surface area contributed by atoms with Crippen LogP contribution in [-0.2, 0) is 7.05 Å². The second-order valence-electron chi connectivity index (χ2n) is 3.43. The number of carbonyl (C=O) groups excluding carboxylic acids is 1. The highest BCUT2D eigenvalue weighted by Crippen LogP contribution is 2.22. The smallest absolute Gasteiger partial charge is 0.277 e. The van der Waals surface area contributed by atoms with Gasteiger partial charge in [0.2, 0.25) is 0 Å². The number of nitrogens with one attached hydrogen (secondary N) is 1. The van der Waals surface area contributed by atoms with Crippen LogP contribution in [0.5, 0.6) is 0 Å². The summed E-state index contributed by atoms with van der Waals surface area (Å²) >= 11 is 3.27. The third kappa shape index (κ3) is 2.62. The first-order valence-electron chi connectivity index (χ1n) is 4.78. The van der Waals surface area contributed by atoms with Crippen molar-refractivity contribution in [3.05, 3.63) is 34.7 Å². The van der Waals surface area contributed by atoms with Crippen molar-refractivity contribution < 1.29 is 4.79 Å². The van der Waals surface area contributed by atoms with Crippen molar-refractivity contribution in [1.82, 2.24) is 14.8 Å². The molecule has 7 heteroatoms. The molecule has 2 heterocycles. The van der Waals surface area contributed by atoms with Gasteiger partial charge in [-0.25, -0.2) is 4.98 Å². The second kappa shape index (κ2) is 4.54. The molecular weight excluding hydrogens is 286 g/mol. The minimum Gasteiger partial charge on any atom is -0.397 e. The first-order chi connectivity index (χ1) is 8.06. The molecule has 2 rings (SSSR count). The molecule has 6 nitrogen and oxygen atoms in total. The van der Waals surface area contributed by atoms with Crippen molar-refractivity contribution in [2.24, 2.45) is 7.05 Å². The van der Waals surface area contributed by atoms with Crippen molar-refractivity contribution in [1.29, 1.82) is 0 Å². The number of anilines is 2. The van der Waals surface area contributed by atoms with Gasteiger partial charge in [0, 0.05) is 13.2 Å². The average molecular weight is 296 g/mol. The molecule has 0 saturated carbocycles. The van der Waals surface area contributed by atoms with Gasteiger partial charge in [0.05, 0.1) is 16.4 Å². The topological polar surface area (TPSA) is 85.8 Å². The monoisotopic (exact) mass is 295 g/mol. The zero-order valence-electron chi connectivity index (χ0n) is 9.01. The number of amides is 1. The van der Waals surface area contributed by atoms with E-state index < -0.39 is 0 Å². The van der Waals surface area contributed by atoms with Gasteiger partial charge >= 0.3 is 0 Å². The molecule has 0 aliphatic carbocycles. The molecular formula is C10H10BrN5O. The predicted molar refractivity (Wildman–Crippen MR) is 67.5 cm³/mol. The highest BCUT2D eigenvalue weighted by atomic mass is 79.9. The van der Waals surface area contributed by atoms with Crippen LogP contribution in [0.15, 0.2) is 29.0 Å². The van der Waals surface area contributed by atoms with E-state index in [1.54, 1.807) is 30.1 Å². The Morgan fingerprint density at radius 1 is 1.59 bits per heavy atom. The molecule has 3 N–H and O–H groups in total. The fourth-order valence-electron chi connectivity index (χ4n) is 1.25. The summed E-state index contributed by atoms with van der Waals surface area (Å²) in [6, 6.07) is 3.29. The fraction of sp³-hybridized carbons (Fsp3) is 0.100. The van der Waals surface area contributed by atoms with Crippen molar-refractivity contribution in [3.8, 4) is 0 Å². The van der Waals surface area contributed by atoms with Gasteiger partial charge in [-0.1, -0.05) is 0 Å². The zero-order valence-corrected chi connectivity index (χ0v) is 10.6. The average Bonchev–Trinajstić information content (AvgIpc) is 2.69. The highest BCUT2D eigenvalue weighted by Gasteiger charge is 2.11. The van der Waals surface area contributed by atoms with Crippen molar-refractivity contribution in [2.45, 2.75) is 0 Å². The maximum Gasteiger partial charge on any atom is 0.277 e. The molecule has 0 spiro atoms. The van der Waals surface area contributed by atoms with E-state index in [9.17, 15) is 4.79 Å². The number of halogens is 1. The Labute approximate surface area is 106 Å².